The Kier molecular flexibility index (Phi) is 8.02. The molecule has 0 unspecified atom stereocenters. The molecule has 1 heterocycles. The number of azo groups is 1. The van der Waals surface area contributed by atoms with Gasteiger partial charge in [0.25, 0.3) is 0 Å². The average Bonchev–Trinajstić information content (AvgIpc) is 3.33. The highest BCUT2D eigenvalue weighted by Gasteiger charge is 2.19. The van der Waals surface area contributed by atoms with Gasteiger partial charge in [0.1, 0.15) is 28.8 Å². The van der Waals surface area contributed by atoms with Crippen molar-refractivity contribution in [2.45, 2.75) is 26.7 Å². The second kappa shape index (κ2) is 11.7. The Hall–Kier alpha value is -5.43. The van der Waals surface area contributed by atoms with Crippen molar-refractivity contribution in [2.75, 3.05) is 0 Å². The molecule has 0 radical (unpaired) electrons. The fraction of sp³-hybridized carbons (Fsp3) is 0.138. The van der Waals surface area contributed by atoms with Gasteiger partial charge in [-0.25, -0.2) is 0 Å². The summed E-state index contributed by atoms with van der Waals surface area (Å²) in [6.45, 7) is 2.42. The number of carbonyl (C=O) groups is 2. The molecular weight excluding hydrogens is 502 g/mol. The number of phenols is 2. The van der Waals surface area contributed by atoms with E-state index in [9.17, 15) is 25.1 Å². The van der Waals surface area contributed by atoms with E-state index < -0.39 is 11.9 Å². The highest BCUT2D eigenvalue weighted by atomic mass is 16.5. The minimum Gasteiger partial charge on any atom is -0.508 e. The van der Waals surface area contributed by atoms with Crippen molar-refractivity contribution < 1.29 is 33.7 Å². The number of para-hydroxylation sites is 1. The number of phenolic OH excluding ortho intramolecular Hbond substituents is 2. The van der Waals surface area contributed by atoms with Gasteiger partial charge in [0, 0.05) is 19.2 Å². The SMILES string of the molecule is CC(=O)OC(=C(C#N)N=Nc1cc(CCc2cc(O)ccc2O)ccc1OC(C)=O)c1cc2ccccc2o1. The molecule has 196 valence electrons. The number of aromatic hydroxyl groups is 2. The van der Waals surface area contributed by atoms with E-state index in [-0.39, 0.29) is 40.2 Å². The Morgan fingerprint density at radius 2 is 1.77 bits per heavy atom. The van der Waals surface area contributed by atoms with Gasteiger partial charge in [0.15, 0.2) is 11.5 Å². The van der Waals surface area contributed by atoms with E-state index in [0.29, 0.717) is 24.0 Å². The lowest BCUT2D eigenvalue weighted by Gasteiger charge is -2.09. The molecule has 4 aromatic rings. The Morgan fingerprint density at radius 1 is 0.974 bits per heavy atom. The van der Waals surface area contributed by atoms with Crippen molar-refractivity contribution in [3.05, 3.63) is 89.3 Å². The summed E-state index contributed by atoms with van der Waals surface area (Å²) in [6.07, 6.45) is 0.842. The number of nitriles is 1. The highest BCUT2D eigenvalue weighted by Crippen LogP contribution is 2.33. The van der Waals surface area contributed by atoms with Gasteiger partial charge in [0.2, 0.25) is 11.5 Å². The highest BCUT2D eigenvalue weighted by molar-refractivity contribution is 5.84. The Labute approximate surface area is 223 Å². The van der Waals surface area contributed by atoms with Crippen LogP contribution in [0.3, 0.4) is 0 Å². The molecule has 0 atom stereocenters. The maximum atomic E-state index is 11.8. The van der Waals surface area contributed by atoms with Crippen LogP contribution in [0.15, 0.2) is 87.1 Å². The Balaban J connectivity index is 1.71. The molecule has 0 saturated heterocycles. The lowest BCUT2D eigenvalue weighted by Crippen LogP contribution is -2.02. The van der Waals surface area contributed by atoms with Gasteiger partial charge in [-0.3, -0.25) is 9.59 Å². The van der Waals surface area contributed by atoms with Crippen molar-refractivity contribution in [2.24, 2.45) is 10.2 Å². The van der Waals surface area contributed by atoms with Crippen LogP contribution in [0.25, 0.3) is 16.7 Å². The Bertz CT molecular complexity index is 1630. The number of benzene rings is 3. The van der Waals surface area contributed by atoms with Crippen LogP contribution in [0.2, 0.25) is 0 Å². The molecule has 0 aliphatic carbocycles. The van der Waals surface area contributed by atoms with Crippen molar-refractivity contribution >= 4 is 34.4 Å². The predicted molar refractivity (Wildman–Crippen MR) is 140 cm³/mol. The van der Waals surface area contributed by atoms with Crippen LogP contribution < -0.4 is 4.74 Å². The van der Waals surface area contributed by atoms with E-state index in [0.717, 1.165) is 10.9 Å². The first-order valence-electron chi connectivity index (χ1n) is 11.8. The van der Waals surface area contributed by atoms with Crippen LogP contribution in [0.5, 0.6) is 17.2 Å². The van der Waals surface area contributed by atoms with E-state index in [1.165, 1.54) is 38.1 Å². The zero-order valence-electron chi connectivity index (χ0n) is 21.0. The zero-order valence-corrected chi connectivity index (χ0v) is 21.0. The van der Waals surface area contributed by atoms with Gasteiger partial charge in [-0.2, -0.15) is 5.26 Å². The predicted octanol–water partition coefficient (Wildman–Crippen LogP) is 6.09. The molecule has 4 rings (SSSR count). The Morgan fingerprint density at radius 3 is 2.49 bits per heavy atom. The first kappa shape index (κ1) is 26.6. The summed E-state index contributed by atoms with van der Waals surface area (Å²) in [5, 5.41) is 38.5. The third-order valence-electron chi connectivity index (χ3n) is 5.50. The number of fused-ring (bicyclic) bond motifs is 1. The molecule has 0 spiro atoms. The zero-order chi connectivity index (χ0) is 27.9. The third-order valence-corrected chi connectivity index (χ3v) is 5.50. The number of esters is 2. The molecule has 0 aliphatic rings. The molecule has 10 heteroatoms. The minimum atomic E-state index is -0.689. The number of nitrogens with zero attached hydrogens (tertiary/aromatic N) is 3. The molecule has 0 aliphatic heterocycles. The van der Waals surface area contributed by atoms with Crippen molar-refractivity contribution in [3.8, 4) is 23.3 Å². The number of ether oxygens (including phenoxy) is 2. The summed E-state index contributed by atoms with van der Waals surface area (Å²) in [7, 11) is 0. The molecule has 0 bridgehead atoms. The second-order valence-corrected chi connectivity index (χ2v) is 8.44. The molecule has 0 amide bonds. The summed E-state index contributed by atoms with van der Waals surface area (Å²) in [5.74, 6) is -1.18. The van der Waals surface area contributed by atoms with Crippen LogP contribution >= 0.6 is 0 Å². The van der Waals surface area contributed by atoms with E-state index in [4.69, 9.17) is 13.9 Å². The number of aryl methyl sites for hydroxylation is 2. The number of furan rings is 1. The van der Waals surface area contributed by atoms with E-state index in [1.807, 2.05) is 12.1 Å². The summed E-state index contributed by atoms with van der Waals surface area (Å²) in [5.41, 5.74) is 1.63. The van der Waals surface area contributed by atoms with E-state index in [1.54, 1.807) is 36.4 Å². The van der Waals surface area contributed by atoms with Crippen LogP contribution in [0, 0.1) is 11.3 Å². The van der Waals surface area contributed by atoms with Crippen molar-refractivity contribution in [1.29, 1.82) is 5.26 Å². The monoisotopic (exact) mass is 525 g/mol. The molecule has 10 nitrogen and oxygen atoms in total. The maximum absolute atomic E-state index is 11.8. The quantitative estimate of drug-likeness (QED) is 0.0699. The van der Waals surface area contributed by atoms with Crippen LogP contribution in [-0.2, 0) is 27.2 Å². The number of rotatable bonds is 8. The van der Waals surface area contributed by atoms with Gasteiger partial charge in [-0.05, 0) is 66.4 Å². The van der Waals surface area contributed by atoms with E-state index in [2.05, 4.69) is 10.2 Å². The first-order chi connectivity index (χ1) is 18.7. The standard InChI is InChI=1S/C29H23N3O7/c1-17(33)37-27-12-8-19(7-9-20-14-22(35)10-11-25(20)36)13-23(27)31-32-24(16-30)29(38-18(2)34)28-15-21-5-3-4-6-26(21)39-28/h3-6,8,10-15,35-36H,7,9H2,1-2H3. The molecule has 0 saturated carbocycles. The average molecular weight is 526 g/mol. The number of carbonyl (C=O) groups excluding carboxylic acids is 2. The van der Waals surface area contributed by atoms with Gasteiger partial charge < -0.3 is 24.1 Å². The van der Waals surface area contributed by atoms with Crippen LogP contribution in [-0.4, -0.2) is 22.2 Å². The van der Waals surface area contributed by atoms with Crippen LogP contribution in [0.4, 0.5) is 5.69 Å². The minimum absolute atomic E-state index is 0.0337. The molecular formula is C29H23N3O7. The van der Waals surface area contributed by atoms with Crippen molar-refractivity contribution in [1.82, 2.24) is 0 Å². The maximum Gasteiger partial charge on any atom is 0.308 e. The topological polar surface area (TPSA) is 155 Å². The third kappa shape index (κ3) is 6.67. The summed E-state index contributed by atoms with van der Waals surface area (Å²) in [4.78, 5) is 23.5. The number of hydrogen-bond acceptors (Lipinski definition) is 10. The molecule has 3 aromatic carbocycles. The smallest absolute Gasteiger partial charge is 0.308 e. The fourth-order valence-electron chi connectivity index (χ4n) is 3.76. The normalized spacial score (nSPS) is 11.7. The second-order valence-electron chi connectivity index (χ2n) is 8.44. The summed E-state index contributed by atoms with van der Waals surface area (Å²) in [6, 6.07) is 19.8. The number of hydrogen-bond donors (Lipinski definition) is 2. The van der Waals surface area contributed by atoms with Gasteiger partial charge in [0.05, 0.1) is 0 Å². The summed E-state index contributed by atoms with van der Waals surface area (Å²) >= 11 is 0. The molecule has 2 N–H and O–H groups in total. The fourth-order valence-corrected chi connectivity index (χ4v) is 3.76. The lowest BCUT2D eigenvalue weighted by atomic mass is 10.0. The molecule has 1 aromatic heterocycles. The largest absolute Gasteiger partial charge is 0.508 e. The van der Waals surface area contributed by atoms with E-state index >= 15 is 0 Å². The van der Waals surface area contributed by atoms with Gasteiger partial charge in [-0.1, -0.05) is 24.3 Å². The lowest BCUT2D eigenvalue weighted by molar-refractivity contribution is -0.134. The number of allylic oxidation sites excluding steroid dienone is 1. The van der Waals surface area contributed by atoms with Crippen LogP contribution in [0.1, 0.15) is 30.7 Å². The molecule has 0 fully saturated rings. The first-order valence-corrected chi connectivity index (χ1v) is 11.8. The molecule has 39 heavy (non-hydrogen) atoms. The summed E-state index contributed by atoms with van der Waals surface area (Å²) < 4.78 is 16.3. The van der Waals surface area contributed by atoms with Gasteiger partial charge >= 0.3 is 11.9 Å². The van der Waals surface area contributed by atoms with Gasteiger partial charge in [-0.15, -0.1) is 10.2 Å². The van der Waals surface area contributed by atoms with Crippen molar-refractivity contribution in [3.63, 3.8) is 0 Å².